The average Bonchev–Trinajstić information content (AvgIpc) is 2.52. The number of hydrogen-bond donors (Lipinski definition) is 2. The van der Waals surface area contributed by atoms with E-state index in [1.165, 1.54) is 0 Å². The molecule has 0 unspecified atom stereocenters. The SMILES string of the molecule is CCc1ncc(C(=O)Nc2ccc(OC3CNC3)cc2)cn1. The fourth-order valence-electron chi connectivity index (χ4n) is 2.01. The van der Waals surface area contributed by atoms with Gasteiger partial charge in [-0.1, -0.05) is 6.92 Å². The first-order valence-corrected chi connectivity index (χ1v) is 7.34. The van der Waals surface area contributed by atoms with E-state index in [-0.39, 0.29) is 12.0 Å². The number of nitrogens with one attached hydrogen (secondary N) is 2. The summed E-state index contributed by atoms with van der Waals surface area (Å²) in [5.41, 5.74) is 1.15. The second-order valence-electron chi connectivity index (χ2n) is 5.12. The van der Waals surface area contributed by atoms with E-state index in [0.717, 1.165) is 31.1 Å². The Bertz CT molecular complexity index is 636. The van der Waals surface area contributed by atoms with Crippen LogP contribution in [0.5, 0.6) is 5.75 Å². The van der Waals surface area contributed by atoms with Gasteiger partial charge >= 0.3 is 0 Å². The molecule has 1 fully saturated rings. The molecule has 2 aromatic rings. The molecule has 3 rings (SSSR count). The fourth-order valence-corrected chi connectivity index (χ4v) is 2.01. The first-order chi connectivity index (χ1) is 10.7. The molecule has 1 aliphatic heterocycles. The Morgan fingerprint density at radius 1 is 1.27 bits per heavy atom. The zero-order valence-electron chi connectivity index (χ0n) is 12.4. The summed E-state index contributed by atoms with van der Waals surface area (Å²) in [7, 11) is 0. The second-order valence-corrected chi connectivity index (χ2v) is 5.12. The van der Waals surface area contributed by atoms with Crippen LogP contribution in [0.3, 0.4) is 0 Å². The molecule has 1 aliphatic rings. The molecular weight excluding hydrogens is 280 g/mol. The maximum Gasteiger partial charge on any atom is 0.258 e. The highest BCUT2D eigenvalue weighted by Crippen LogP contribution is 2.18. The van der Waals surface area contributed by atoms with Gasteiger partial charge in [0.25, 0.3) is 5.91 Å². The molecule has 6 nitrogen and oxygen atoms in total. The van der Waals surface area contributed by atoms with Crippen LogP contribution in [0.2, 0.25) is 0 Å². The molecule has 1 aromatic heterocycles. The van der Waals surface area contributed by atoms with Crippen LogP contribution < -0.4 is 15.4 Å². The molecule has 2 heterocycles. The Kier molecular flexibility index (Phi) is 4.29. The largest absolute Gasteiger partial charge is 0.488 e. The summed E-state index contributed by atoms with van der Waals surface area (Å²) in [5, 5.41) is 5.97. The first-order valence-electron chi connectivity index (χ1n) is 7.34. The molecule has 22 heavy (non-hydrogen) atoms. The van der Waals surface area contributed by atoms with Crippen molar-refractivity contribution in [1.29, 1.82) is 0 Å². The average molecular weight is 298 g/mol. The lowest BCUT2D eigenvalue weighted by Gasteiger charge is -2.27. The summed E-state index contributed by atoms with van der Waals surface area (Å²) in [4.78, 5) is 20.4. The Hall–Kier alpha value is -2.47. The molecular formula is C16H18N4O2. The van der Waals surface area contributed by atoms with Gasteiger partial charge in [-0.25, -0.2) is 9.97 Å². The van der Waals surface area contributed by atoms with Gasteiger partial charge in [0, 0.05) is 37.6 Å². The van der Waals surface area contributed by atoms with Gasteiger partial charge in [0.15, 0.2) is 0 Å². The van der Waals surface area contributed by atoms with Crippen molar-refractivity contribution in [1.82, 2.24) is 15.3 Å². The van der Waals surface area contributed by atoms with Crippen molar-refractivity contribution in [2.45, 2.75) is 19.4 Å². The zero-order valence-corrected chi connectivity index (χ0v) is 12.4. The van der Waals surface area contributed by atoms with E-state index in [1.54, 1.807) is 12.4 Å². The third-order valence-electron chi connectivity index (χ3n) is 3.44. The third kappa shape index (κ3) is 3.40. The molecule has 6 heteroatoms. The standard InChI is InChI=1S/C16H18N4O2/c1-2-15-18-7-11(8-19-15)16(21)20-12-3-5-13(6-4-12)22-14-9-17-10-14/h3-8,14,17H,2,9-10H2,1H3,(H,20,21). The van der Waals surface area contributed by atoms with Crippen molar-refractivity contribution in [3.8, 4) is 5.75 Å². The van der Waals surface area contributed by atoms with Crippen LogP contribution in [0.25, 0.3) is 0 Å². The predicted molar refractivity (Wildman–Crippen MR) is 83.1 cm³/mol. The minimum Gasteiger partial charge on any atom is -0.488 e. The van der Waals surface area contributed by atoms with Crippen molar-refractivity contribution in [2.24, 2.45) is 0 Å². The lowest BCUT2D eigenvalue weighted by Crippen LogP contribution is -2.50. The van der Waals surface area contributed by atoms with E-state index in [4.69, 9.17) is 4.74 Å². The molecule has 0 radical (unpaired) electrons. The number of carbonyl (C=O) groups is 1. The first kappa shape index (κ1) is 14.5. The van der Waals surface area contributed by atoms with Gasteiger partial charge in [0.05, 0.1) is 5.56 Å². The van der Waals surface area contributed by atoms with E-state index in [9.17, 15) is 4.79 Å². The molecule has 1 amide bonds. The number of aromatic nitrogens is 2. The number of rotatable bonds is 5. The highest BCUT2D eigenvalue weighted by atomic mass is 16.5. The topological polar surface area (TPSA) is 76.1 Å². The number of nitrogens with zero attached hydrogens (tertiary/aromatic N) is 2. The summed E-state index contributed by atoms with van der Waals surface area (Å²) in [6, 6.07) is 7.34. The van der Waals surface area contributed by atoms with Crippen LogP contribution in [0, 0.1) is 0 Å². The summed E-state index contributed by atoms with van der Waals surface area (Å²) in [6.07, 6.45) is 4.08. The predicted octanol–water partition coefficient (Wildman–Crippen LogP) is 1.64. The summed E-state index contributed by atoms with van der Waals surface area (Å²) >= 11 is 0. The monoisotopic (exact) mass is 298 g/mol. The smallest absolute Gasteiger partial charge is 0.258 e. The molecule has 0 atom stereocenters. The molecule has 2 N–H and O–H groups in total. The second kappa shape index (κ2) is 6.53. The summed E-state index contributed by atoms with van der Waals surface area (Å²) < 4.78 is 5.73. The van der Waals surface area contributed by atoms with Crippen LogP contribution in [0.4, 0.5) is 5.69 Å². The number of aryl methyl sites for hydroxylation is 1. The molecule has 0 spiro atoms. The van der Waals surface area contributed by atoms with Crippen LogP contribution in [0.1, 0.15) is 23.1 Å². The third-order valence-corrected chi connectivity index (χ3v) is 3.44. The molecule has 114 valence electrons. The molecule has 0 aliphatic carbocycles. The Balaban J connectivity index is 1.60. The zero-order chi connectivity index (χ0) is 15.4. The molecule has 0 saturated carbocycles. The van der Waals surface area contributed by atoms with Gasteiger partial charge in [0.1, 0.15) is 17.7 Å². The molecule has 1 aromatic carbocycles. The van der Waals surface area contributed by atoms with Gasteiger partial charge < -0.3 is 15.4 Å². The van der Waals surface area contributed by atoms with Gasteiger partial charge in [-0.2, -0.15) is 0 Å². The van der Waals surface area contributed by atoms with Crippen molar-refractivity contribution in [3.05, 3.63) is 48.0 Å². The van der Waals surface area contributed by atoms with Crippen LogP contribution in [0.15, 0.2) is 36.7 Å². The number of ether oxygens (including phenoxy) is 1. The van der Waals surface area contributed by atoms with E-state index in [1.807, 2.05) is 31.2 Å². The normalized spacial score (nSPS) is 14.2. The highest BCUT2D eigenvalue weighted by Gasteiger charge is 2.18. The highest BCUT2D eigenvalue weighted by molar-refractivity contribution is 6.03. The van der Waals surface area contributed by atoms with Crippen molar-refractivity contribution in [2.75, 3.05) is 18.4 Å². The quantitative estimate of drug-likeness (QED) is 0.877. The lowest BCUT2D eigenvalue weighted by molar-refractivity contribution is 0.102. The number of hydrogen-bond acceptors (Lipinski definition) is 5. The fraction of sp³-hybridized carbons (Fsp3) is 0.312. The molecule has 0 bridgehead atoms. The Labute approximate surface area is 128 Å². The van der Waals surface area contributed by atoms with Crippen LogP contribution in [-0.4, -0.2) is 35.1 Å². The van der Waals surface area contributed by atoms with Crippen LogP contribution >= 0.6 is 0 Å². The van der Waals surface area contributed by atoms with Gasteiger partial charge in [-0.15, -0.1) is 0 Å². The number of benzene rings is 1. The van der Waals surface area contributed by atoms with Crippen molar-refractivity contribution < 1.29 is 9.53 Å². The minimum atomic E-state index is -0.223. The van der Waals surface area contributed by atoms with Crippen molar-refractivity contribution >= 4 is 11.6 Å². The Morgan fingerprint density at radius 2 is 1.95 bits per heavy atom. The van der Waals surface area contributed by atoms with E-state index in [2.05, 4.69) is 20.6 Å². The maximum atomic E-state index is 12.1. The number of anilines is 1. The summed E-state index contributed by atoms with van der Waals surface area (Å²) in [6.45, 7) is 3.73. The van der Waals surface area contributed by atoms with E-state index < -0.39 is 0 Å². The van der Waals surface area contributed by atoms with E-state index in [0.29, 0.717) is 11.3 Å². The number of carbonyl (C=O) groups excluding carboxylic acids is 1. The van der Waals surface area contributed by atoms with Gasteiger partial charge in [-0.3, -0.25) is 4.79 Å². The summed E-state index contributed by atoms with van der Waals surface area (Å²) in [5.74, 6) is 1.31. The number of amides is 1. The Morgan fingerprint density at radius 3 is 2.50 bits per heavy atom. The van der Waals surface area contributed by atoms with Gasteiger partial charge in [-0.05, 0) is 24.3 Å². The maximum absolute atomic E-state index is 12.1. The minimum absolute atomic E-state index is 0.223. The molecule has 1 saturated heterocycles. The van der Waals surface area contributed by atoms with Crippen molar-refractivity contribution in [3.63, 3.8) is 0 Å². The van der Waals surface area contributed by atoms with Crippen LogP contribution in [-0.2, 0) is 6.42 Å². The lowest BCUT2D eigenvalue weighted by atomic mass is 10.2. The van der Waals surface area contributed by atoms with Gasteiger partial charge in [0.2, 0.25) is 0 Å². The van der Waals surface area contributed by atoms with E-state index >= 15 is 0 Å².